The summed E-state index contributed by atoms with van der Waals surface area (Å²) >= 11 is 1.45. The van der Waals surface area contributed by atoms with E-state index in [2.05, 4.69) is 4.98 Å². The van der Waals surface area contributed by atoms with Crippen LogP contribution in [0.25, 0.3) is 10.6 Å². The summed E-state index contributed by atoms with van der Waals surface area (Å²) in [5, 5.41) is 13.6. The summed E-state index contributed by atoms with van der Waals surface area (Å²) in [6.07, 6.45) is 0. The molecule has 0 aliphatic rings. The van der Waals surface area contributed by atoms with Crippen molar-refractivity contribution >= 4 is 17.0 Å². The van der Waals surface area contributed by atoms with Crippen LogP contribution in [0.15, 0.2) is 53.9 Å². The number of aromatic nitrogens is 1. The zero-order valence-corrected chi connectivity index (χ0v) is 12.6. The maximum atomic E-state index is 13.2. The van der Waals surface area contributed by atoms with Crippen LogP contribution < -0.4 is 4.74 Å². The normalized spacial score (nSPS) is 10.5. The lowest BCUT2D eigenvalue weighted by Gasteiger charge is -2.05. The Balaban J connectivity index is 1.76. The summed E-state index contributed by atoms with van der Waals surface area (Å²) in [4.78, 5) is 14.7. The van der Waals surface area contributed by atoms with Gasteiger partial charge in [-0.1, -0.05) is 30.3 Å². The predicted octanol–water partition coefficient (Wildman–Crippen LogP) is 4.44. The minimum atomic E-state index is -0.606. The van der Waals surface area contributed by atoms with Gasteiger partial charge in [-0.3, -0.25) is 10.1 Å². The molecule has 2 aromatic carbocycles. The lowest BCUT2D eigenvalue weighted by Crippen LogP contribution is -2.00. The molecule has 0 aliphatic carbocycles. The molecule has 0 saturated heterocycles. The Kier molecular flexibility index (Phi) is 4.29. The van der Waals surface area contributed by atoms with E-state index in [1.54, 1.807) is 0 Å². The molecule has 0 unspecified atom stereocenters. The van der Waals surface area contributed by atoms with Crippen molar-refractivity contribution in [2.24, 2.45) is 0 Å². The van der Waals surface area contributed by atoms with Gasteiger partial charge in [-0.05, 0) is 6.07 Å². The minimum absolute atomic E-state index is 0.0353. The third-order valence-electron chi connectivity index (χ3n) is 3.07. The van der Waals surface area contributed by atoms with Gasteiger partial charge in [-0.2, -0.15) is 0 Å². The van der Waals surface area contributed by atoms with E-state index in [0.717, 1.165) is 28.8 Å². The third-order valence-corrected chi connectivity index (χ3v) is 4.01. The van der Waals surface area contributed by atoms with E-state index in [1.165, 1.54) is 11.3 Å². The molecule has 1 aromatic heterocycles. The molecule has 0 fully saturated rings. The quantitative estimate of drug-likeness (QED) is 0.512. The van der Waals surface area contributed by atoms with Crippen molar-refractivity contribution in [1.29, 1.82) is 0 Å². The first-order valence-corrected chi connectivity index (χ1v) is 7.58. The fourth-order valence-corrected chi connectivity index (χ4v) is 2.80. The number of nitrogens with zero attached hydrogens (tertiary/aromatic N) is 2. The number of benzene rings is 2. The SMILES string of the molecule is O=[N+]([O-])c1ccc(F)cc1OCc1csc(-c2ccccc2)n1. The molecule has 3 rings (SSSR count). The Labute approximate surface area is 135 Å². The molecule has 5 nitrogen and oxygen atoms in total. The van der Waals surface area contributed by atoms with Crippen molar-refractivity contribution in [2.75, 3.05) is 0 Å². The van der Waals surface area contributed by atoms with Gasteiger partial charge in [0.1, 0.15) is 17.4 Å². The molecule has 0 atom stereocenters. The average molecular weight is 330 g/mol. The van der Waals surface area contributed by atoms with E-state index in [9.17, 15) is 14.5 Å². The summed E-state index contributed by atoms with van der Waals surface area (Å²) in [6.45, 7) is 0.0353. The van der Waals surface area contributed by atoms with Crippen molar-refractivity contribution < 1.29 is 14.1 Å². The molecule has 1 heterocycles. The van der Waals surface area contributed by atoms with Crippen LogP contribution in [-0.4, -0.2) is 9.91 Å². The van der Waals surface area contributed by atoms with Gasteiger partial charge in [0.2, 0.25) is 0 Å². The zero-order chi connectivity index (χ0) is 16.2. The number of nitro benzene ring substituents is 1. The van der Waals surface area contributed by atoms with Crippen LogP contribution in [-0.2, 0) is 6.61 Å². The maximum Gasteiger partial charge on any atom is 0.311 e. The number of hydrogen-bond donors (Lipinski definition) is 0. The number of halogens is 1. The standard InChI is InChI=1S/C16H11FN2O3S/c17-12-6-7-14(19(20)21)15(8-12)22-9-13-10-23-16(18-13)11-4-2-1-3-5-11/h1-8,10H,9H2. The van der Waals surface area contributed by atoms with Crippen molar-refractivity contribution in [1.82, 2.24) is 4.98 Å². The lowest BCUT2D eigenvalue weighted by atomic mass is 10.2. The molecule has 0 bridgehead atoms. The van der Waals surface area contributed by atoms with Crippen molar-refractivity contribution in [2.45, 2.75) is 6.61 Å². The molecule has 0 N–H and O–H groups in total. The van der Waals surface area contributed by atoms with Crippen LogP contribution in [0.1, 0.15) is 5.69 Å². The van der Waals surface area contributed by atoms with Crippen LogP contribution in [0.2, 0.25) is 0 Å². The van der Waals surface area contributed by atoms with Gasteiger partial charge >= 0.3 is 5.69 Å². The summed E-state index contributed by atoms with van der Waals surface area (Å²) in [7, 11) is 0. The van der Waals surface area contributed by atoms with Crippen LogP contribution in [0.3, 0.4) is 0 Å². The molecule has 0 amide bonds. The highest BCUT2D eigenvalue weighted by atomic mass is 32.1. The van der Waals surface area contributed by atoms with Crippen molar-refractivity contribution in [3.8, 4) is 16.3 Å². The van der Waals surface area contributed by atoms with Gasteiger partial charge in [0.25, 0.3) is 0 Å². The highest BCUT2D eigenvalue weighted by molar-refractivity contribution is 7.13. The maximum absolute atomic E-state index is 13.2. The number of nitro groups is 1. The van der Waals surface area contributed by atoms with Gasteiger partial charge in [-0.25, -0.2) is 9.37 Å². The van der Waals surface area contributed by atoms with Crippen molar-refractivity contribution in [3.05, 3.63) is 75.5 Å². The molecule has 23 heavy (non-hydrogen) atoms. The number of ether oxygens (including phenoxy) is 1. The minimum Gasteiger partial charge on any atom is -0.480 e. The smallest absolute Gasteiger partial charge is 0.311 e. The molecule has 0 spiro atoms. The number of hydrogen-bond acceptors (Lipinski definition) is 5. The zero-order valence-electron chi connectivity index (χ0n) is 11.8. The molecular formula is C16H11FN2O3S. The largest absolute Gasteiger partial charge is 0.480 e. The Morgan fingerprint density at radius 1 is 1.22 bits per heavy atom. The van der Waals surface area contributed by atoms with Crippen LogP contribution in [0, 0.1) is 15.9 Å². The summed E-state index contributed by atoms with van der Waals surface area (Å²) in [5.74, 6) is -0.696. The van der Waals surface area contributed by atoms with Crippen LogP contribution in [0.5, 0.6) is 5.75 Å². The highest BCUT2D eigenvalue weighted by Crippen LogP contribution is 2.29. The van der Waals surface area contributed by atoms with Crippen LogP contribution >= 0.6 is 11.3 Å². The molecule has 3 aromatic rings. The average Bonchev–Trinajstić information content (AvgIpc) is 3.02. The monoisotopic (exact) mass is 330 g/mol. The Hall–Kier alpha value is -2.80. The molecule has 0 saturated carbocycles. The van der Waals surface area contributed by atoms with Crippen LogP contribution in [0.4, 0.5) is 10.1 Å². The molecule has 0 aliphatic heterocycles. The first-order valence-electron chi connectivity index (χ1n) is 6.70. The highest BCUT2D eigenvalue weighted by Gasteiger charge is 2.16. The first kappa shape index (κ1) is 15.1. The van der Waals surface area contributed by atoms with E-state index in [0.29, 0.717) is 5.69 Å². The topological polar surface area (TPSA) is 65.3 Å². The van der Waals surface area contributed by atoms with E-state index in [1.807, 2.05) is 35.7 Å². The fourth-order valence-electron chi connectivity index (χ4n) is 1.99. The van der Waals surface area contributed by atoms with E-state index < -0.39 is 10.7 Å². The van der Waals surface area contributed by atoms with E-state index in [4.69, 9.17) is 4.74 Å². The third kappa shape index (κ3) is 3.51. The predicted molar refractivity (Wildman–Crippen MR) is 84.9 cm³/mol. The molecule has 116 valence electrons. The fraction of sp³-hybridized carbons (Fsp3) is 0.0625. The molecule has 7 heteroatoms. The van der Waals surface area contributed by atoms with Crippen molar-refractivity contribution in [3.63, 3.8) is 0 Å². The van der Waals surface area contributed by atoms with E-state index in [-0.39, 0.29) is 18.0 Å². The number of thiazole rings is 1. The summed E-state index contributed by atoms with van der Waals surface area (Å²) in [6, 6.07) is 12.8. The second-order valence-corrected chi connectivity index (χ2v) is 5.53. The van der Waals surface area contributed by atoms with Gasteiger partial charge < -0.3 is 4.74 Å². The van der Waals surface area contributed by atoms with Gasteiger partial charge in [0.05, 0.1) is 10.6 Å². The Morgan fingerprint density at radius 2 is 2.00 bits per heavy atom. The summed E-state index contributed by atoms with van der Waals surface area (Å²) in [5.41, 5.74) is 1.35. The Bertz CT molecular complexity index is 836. The second kappa shape index (κ2) is 6.53. The lowest BCUT2D eigenvalue weighted by molar-refractivity contribution is -0.386. The van der Waals surface area contributed by atoms with Gasteiger partial charge in [0.15, 0.2) is 5.75 Å². The van der Waals surface area contributed by atoms with Gasteiger partial charge in [-0.15, -0.1) is 11.3 Å². The molecular weight excluding hydrogens is 319 g/mol. The van der Waals surface area contributed by atoms with Gasteiger partial charge in [0, 0.05) is 23.1 Å². The second-order valence-electron chi connectivity index (χ2n) is 4.67. The van der Waals surface area contributed by atoms with E-state index >= 15 is 0 Å². The molecule has 0 radical (unpaired) electrons. The first-order chi connectivity index (χ1) is 11.1. The summed E-state index contributed by atoms with van der Waals surface area (Å²) < 4.78 is 18.6. The Morgan fingerprint density at radius 3 is 2.74 bits per heavy atom. The number of rotatable bonds is 5.